The van der Waals surface area contributed by atoms with Crippen LogP contribution in [0.3, 0.4) is 0 Å². The molecule has 0 aromatic rings. The van der Waals surface area contributed by atoms with Crippen LogP contribution >= 0.6 is 0 Å². The Hall–Kier alpha value is -1.27. The Morgan fingerprint density at radius 3 is 1.00 bits per heavy atom. The second-order valence-electron chi connectivity index (χ2n) is 17.7. The maximum Gasteiger partial charge on any atom is 3.00 e. The molecule has 0 saturated carbocycles. The van der Waals surface area contributed by atoms with Gasteiger partial charge in [0, 0.05) is 10.8 Å². The van der Waals surface area contributed by atoms with Gasteiger partial charge in [-0.05, 0) is 111 Å². The molecule has 3 aliphatic heterocycles. The van der Waals surface area contributed by atoms with Gasteiger partial charge in [0.05, 0.1) is 44.0 Å². The summed E-state index contributed by atoms with van der Waals surface area (Å²) in [6.07, 6.45) is 0. The minimum Gasteiger partial charge on any atom is -0.390 e. The summed E-state index contributed by atoms with van der Waals surface area (Å²) >= 11 is 0. The van der Waals surface area contributed by atoms with E-state index in [1.165, 1.54) is 4.90 Å². The summed E-state index contributed by atoms with van der Waals surface area (Å²) in [6.45, 7) is 38.5. The van der Waals surface area contributed by atoms with Crippen LogP contribution in [0.25, 0.3) is 0 Å². The van der Waals surface area contributed by atoms with Gasteiger partial charge in [-0.25, -0.2) is 0 Å². The van der Waals surface area contributed by atoms with Gasteiger partial charge in [0.1, 0.15) is 0 Å². The Labute approximate surface area is 273 Å². The first-order valence-corrected chi connectivity index (χ1v) is 15.1. The predicted octanol–water partition coefficient (Wildman–Crippen LogP) is 6.28. The van der Waals surface area contributed by atoms with E-state index in [1.807, 2.05) is 55.4 Å². The first-order valence-electron chi connectivity index (χ1n) is 15.1. The van der Waals surface area contributed by atoms with Crippen LogP contribution in [0.4, 0.5) is 0 Å². The summed E-state index contributed by atoms with van der Waals surface area (Å²) in [5.41, 5.74) is -4.77. The fraction of sp³-hybridized carbons (Fsp3) is 0.882. The Balaban J connectivity index is 0.000000673. The number of ether oxygens (including phenoxy) is 1. The predicted molar refractivity (Wildman–Crippen MR) is 167 cm³/mol. The zero-order valence-corrected chi connectivity index (χ0v) is 32.1. The fourth-order valence-corrected chi connectivity index (χ4v) is 5.28. The molecule has 3 aliphatic rings. The molecule has 9 heteroatoms. The summed E-state index contributed by atoms with van der Waals surface area (Å²) < 4.78 is 5.73. The van der Waals surface area contributed by atoms with Crippen LogP contribution in [0.1, 0.15) is 138 Å². The number of imide groups is 2. The van der Waals surface area contributed by atoms with Gasteiger partial charge in [-0.2, -0.15) is 0 Å². The van der Waals surface area contributed by atoms with Crippen molar-refractivity contribution in [2.24, 2.45) is 32.5 Å². The number of nitrogens with zero attached hydrogens (tertiary/aromatic N) is 1. The van der Waals surface area contributed by atoms with Crippen LogP contribution in [0.2, 0.25) is 0 Å². The van der Waals surface area contributed by atoms with Crippen LogP contribution in [0.15, 0.2) is 0 Å². The summed E-state index contributed by atoms with van der Waals surface area (Å²) in [4.78, 5) is 49.6. The van der Waals surface area contributed by atoms with Gasteiger partial charge >= 0.3 is 17.4 Å². The molecular weight excluding hydrogens is 584 g/mol. The Morgan fingerprint density at radius 1 is 0.581 bits per heavy atom. The maximum atomic E-state index is 12.9. The molecule has 1 radical (unpaired) electrons. The molecule has 0 unspecified atom stereocenters. The molecule has 43 heavy (non-hydrogen) atoms. The van der Waals surface area contributed by atoms with Crippen LogP contribution < -0.4 is 5.32 Å². The summed E-state index contributed by atoms with van der Waals surface area (Å²) in [7, 11) is 0. The zero-order valence-electron chi connectivity index (χ0n) is 30.8. The quantitative estimate of drug-likeness (QED) is 0.349. The van der Waals surface area contributed by atoms with E-state index in [9.17, 15) is 24.3 Å². The Bertz CT molecular complexity index is 1070. The molecule has 247 valence electrons. The minimum atomic E-state index is -1.03. The number of rotatable bonds is 3. The number of aliphatic hydroxyl groups is 1. The zero-order chi connectivity index (χ0) is 34.3. The Kier molecular flexibility index (Phi) is 10.9. The van der Waals surface area contributed by atoms with Gasteiger partial charge in [0.15, 0.2) is 0 Å². The van der Waals surface area contributed by atoms with Crippen molar-refractivity contribution in [2.45, 2.75) is 161 Å². The smallest absolute Gasteiger partial charge is 0.390 e. The second-order valence-corrected chi connectivity index (χ2v) is 17.7. The largest absolute Gasteiger partial charge is 3.00 e. The number of likely N-dealkylation sites (tertiary alicyclic amines) is 1. The molecule has 3 saturated heterocycles. The molecule has 2 N–H and O–H groups in total. The summed E-state index contributed by atoms with van der Waals surface area (Å²) in [5, 5.41) is 12.8. The number of amides is 4. The van der Waals surface area contributed by atoms with E-state index >= 15 is 0 Å². The molecule has 0 bridgehead atoms. The first kappa shape index (κ1) is 41.7. The van der Waals surface area contributed by atoms with Crippen molar-refractivity contribution in [1.82, 2.24) is 10.2 Å². The van der Waals surface area contributed by atoms with Gasteiger partial charge in [-0.3, -0.25) is 29.4 Å². The molecular formula is C34H62CrN2O6+3. The molecule has 0 aromatic carbocycles. The monoisotopic (exact) mass is 646 g/mol. The van der Waals surface area contributed by atoms with E-state index in [2.05, 4.69) is 46.9 Å². The fourth-order valence-electron chi connectivity index (χ4n) is 5.28. The van der Waals surface area contributed by atoms with Crippen LogP contribution in [-0.4, -0.2) is 56.0 Å². The molecule has 8 nitrogen and oxygen atoms in total. The third kappa shape index (κ3) is 6.02. The van der Waals surface area contributed by atoms with Gasteiger partial charge in [0.2, 0.25) is 23.6 Å². The van der Waals surface area contributed by atoms with E-state index in [1.54, 1.807) is 41.5 Å². The molecule has 4 amide bonds. The van der Waals surface area contributed by atoms with Crippen LogP contribution in [0, 0.1) is 32.5 Å². The third-order valence-electron chi connectivity index (χ3n) is 13.1. The average molecular weight is 647 g/mol. The van der Waals surface area contributed by atoms with Gasteiger partial charge < -0.3 is 9.84 Å². The standard InChI is InChI=1S/C17H31NO3.C9H18O.C8H13NO2.Cr/c1-13(2)11(19)18(12(20)14(13,3)4)16(7,8)15(5,6)17(9,10)21;1-7(2)8(3,4)10-9(7,5)6;1-7(2)5(10)9-6(11)8(7,3)4;/h21H,1-10H3;1-6H3;1-4H3,(H,9,10,11);/q;;;+3. The van der Waals surface area contributed by atoms with E-state index in [0.29, 0.717) is 5.41 Å². The maximum absolute atomic E-state index is 12.9. The summed E-state index contributed by atoms with van der Waals surface area (Å²) in [6, 6.07) is 0. The van der Waals surface area contributed by atoms with E-state index in [-0.39, 0.29) is 52.2 Å². The number of hydrogen-bond donors (Lipinski definition) is 2. The molecule has 3 fully saturated rings. The Morgan fingerprint density at radius 2 is 0.860 bits per heavy atom. The van der Waals surface area contributed by atoms with Crippen molar-refractivity contribution >= 4 is 23.6 Å². The normalized spacial score (nSPS) is 25.7. The number of carbonyl (C=O) groups excluding carboxylic acids is 4. The summed E-state index contributed by atoms with van der Waals surface area (Å²) in [5.74, 6) is -0.681. The van der Waals surface area contributed by atoms with Crippen molar-refractivity contribution in [3.05, 3.63) is 0 Å². The molecule has 0 atom stereocenters. The average Bonchev–Trinajstić information content (AvgIpc) is 2.97. The SMILES string of the molecule is CC(C)(O)C(C)(C)C(C)(C)N1C(=O)C(C)(C)C(C)(C)C1=O.CC1(C)C(=O)NC(=O)C1(C)C.CC1(C)OC(C)(C)C1(C)C.[Cr+3]. The molecule has 0 aliphatic carbocycles. The van der Waals surface area contributed by atoms with Crippen molar-refractivity contribution in [1.29, 1.82) is 0 Å². The number of nitrogens with one attached hydrogen (secondary N) is 1. The van der Waals surface area contributed by atoms with Crippen molar-refractivity contribution in [3.8, 4) is 0 Å². The van der Waals surface area contributed by atoms with E-state index in [0.717, 1.165) is 0 Å². The second kappa shape index (κ2) is 11.2. The van der Waals surface area contributed by atoms with E-state index < -0.39 is 38.2 Å². The van der Waals surface area contributed by atoms with E-state index in [4.69, 9.17) is 4.74 Å². The first-order chi connectivity index (χ1) is 17.9. The number of carbonyl (C=O) groups is 4. The molecule has 0 aromatic heterocycles. The molecule has 3 rings (SSSR count). The van der Waals surface area contributed by atoms with Gasteiger partial charge in [-0.1, -0.05) is 27.7 Å². The van der Waals surface area contributed by atoms with Crippen molar-refractivity contribution < 1.29 is 46.4 Å². The minimum absolute atomic E-state index is 0. The van der Waals surface area contributed by atoms with Crippen molar-refractivity contribution in [2.75, 3.05) is 0 Å². The topological polar surface area (TPSA) is 113 Å². The molecule has 3 heterocycles. The van der Waals surface area contributed by atoms with Crippen molar-refractivity contribution in [3.63, 3.8) is 0 Å². The third-order valence-corrected chi connectivity index (χ3v) is 13.1. The van der Waals surface area contributed by atoms with Gasteiger partial charge in [-0.15, -0.1) is 0 Å². The van der Waals surface area contributed by atoms with Crippen LogP contribution in [0.5, 0.6) is 0 Å². The van der Waals surface area contributed by atoms with Gasteiger partial charge in [0.25, 0.3) is 0 Å². The molecule has 0 spiro atoms. The number of hydrogen-bond acceptors (Lipinski definition) is 6. The van der Waals surface area contributed by atoms with Crippen LogP contribution in [-0.2, 0) is 41.3 Å².